The number of para-hydroxylation sites is 1. The Morgan fingerprint density at radius 2 is 1.77 bits per heavy atom. The molecule has 0 aliphatic heterocycles. The van der Waals surface area contributed by atoms with Crippen molar-refractivity contribution in [1.29, 1.82) is 0 Å². The van der Waals surface area contributed by atoms with Crippen LogP contribution in [0.25, 0.3) is 0 Å². The molecule has 0 aliphatic carbocycles. The summed E-state index contributed by atoms with van der Waals surface area (Å²) in [6.07, 6.45) is 2.10. The van der Waals surface area contributed by atoms with E-state index in [1.807, 2.05) is 38.1 Å². The van der Waals surface area contributed by atoms with E-state index in [9.17, 15) is 14.4 Å². The Kier molecular flexibility index (Phi) is 9.14. The van der Waals surface area contributed by atoms with Gasteiger partial charge in [0.1, 0.15) is 5.75 Å². The van der Waals surface area contributed by atoms with Gasteiger partial charge in [-0.05, 0) is 66.4 Å². The van der Waals surface area contributed by atoms with Crippen LogP contribution in [0.2, 0.25) is 0 Å². The summed E-state index contributed by atoms with van der Waals surface area (Å²) in [5.41, 5.74) is 6.01. The monoisotopic (exact) mass is 536 g/mol. The summed E-state index contributed by atoms with van der Waals surface area (Å²) in [5.74, 6) is -1.54. The zero-order valence-corrected chi connectivity index (χ0v) is 20.9. The summed E-state index contributed by atoms with van der Waals surface area (Å²) in [6.45, 7) is 3.72. The first-order valence-electron chi connectivity index (χ1n) is 10.9. The van der Waals surface area contributed by atoms with Gasteiger partial charge < -0.3 is 15.4 Å². The molecule has 0 unspecified atom stereocenters. The molecule has 0 fully saturated rings. The highest BCUT2D eigenvalue weighted by Crippen LogP contribution is 2.20. The Morgan fingerprint density at radius 3 is 2.54 bits per heavy atom. The van der Waals surface area contributed by atoms with Gasteiger partial charge in [0.25, 0.3) is 5.91 Å². The first-order valence-corrected chi connectivity index (χ1v) is 11.7. The third-order valence-electron chi connectivity index (χ3n) is 4.90. The quantitative estimate of drug-likeness (QED) is 0.225. The average molecular weight is 537 g/mol. The van der Waals surface area contributed by atoms with Gasteiger partial charge in [0.05, 0.1) is 6.21 Å². The van der Waals surface area contributed by atoms with Crippen LogP contribution in [0.4, 0.5) is 11.4 Å². The van der Waals surface area contributed by atoms with Crippen LogP contribution >= 0.6 is 15.9 Å². The summed E-state index contributed by atoms with van der Waals surface area (Å²) in [6, 6.07) is 19.6. The minimum absolute atomic E-state index is 0.175. The van der Waals surface area contributed by atoms with E-state index >= 15 is 0 Å². The Balaban J connectivity index is 1.49. The van der Waals surface area contributed by atoms with Crippen molar-refractivity contribution in [1.82, 2.24) is 5.43 Å². The van der Waals surface area contributed by atoms with Gasteiger partial charge in [0.2, 0.25) is 0 Å². The van der Waals surface area contributed by atoms with E-state index in [1.165, 1.54) is 6.21 Å². The molecular formula is C26H25BrN4O4. The molecule has 0 aromatic heterocycles. The number of nitrogens with zero attached hydrogens (tertiary/aromatic N) is 1. The lowest BCUT2D eigenvalue weighted by molar-refractivity contribution is -0.136. The summed E-state index contributed by atoms with van der Waals surface area (Å²) in [7, 11) is 0. The number of halogens is 1. The van der Waals surface area contributed by atoms with E-state index in [1.54, 1.807) is 42.5 Å². The topological polar surface area (TPSA) is 109 Å². The van der Waals surface area contributed by atoms with Crippen molar-refractivity contribution >= 4 is 51.2 Å². The van der Waals surface area contributed by atoms with Gasteiger partial charge in [-0.1, -0.05) is 53.2 Å². The van der Waals surface area contributed by atoms with Crippen LogP contribution < -0.4 is 20.8 Å². The zero-order valence-electron chi connectivity index (χ0n) is 19.3. The van der Waals surface area contributed by atoms with Gasteiger partial charge in [0.15, 0.2) is 6.61 Å². The molecule has 35 heavy (non-hydrogen) atoms. The fourth-order valence-electron chi connectivity index (χ4n) is 3.10. The third kappa shape index (κ3) is 7.79. The first kappa shape index (κ1) is 25.6. The summed E-state index contributed by atoms with van der Waals surface area (Å²) < 4.78 is 6.52. The fourth-order valence-corrected chi connectivity index (χ4v) is 3.35. The zero-order chi connectivity index (χ0) is 25.2. The SMILES string of the molecule is CCc1ccccc1NC(=O)C(=O)N/N=C\c1cccc(OCC(=O)Nc2ccc(Br)c(C)c2)c1. The lowest BCUT2D eigenvalue weighted by Gasteiger charge is -2.09. The first-order chi connectivity index (χ1) is 16.9. The molecule has 180 valence electrons. The van der Waals surface area contributed by atoms with Crippen molar-refractivity contribution in [2.75, 3.05) is 17.2 Å². The molecular weight excluding hydrogens is 512 g/mol. The fraction of sp³-hybridized carbons (Fsp3) is 0.154. The van der Waals surface area contributed by atoms with Crippen molar-refractivity contribution in [3.8, 4) is 5.75 Å². The predicted octanol–water partition coefficient (Wildman–Crippen LogP) is 4.43. The Morgan fingerprint density at radius 1 is 0.971 bits per heavy atom. The van der Waals surface area contributed by atoms with Crippen LogP contribution in [0, 0.1) is 6.92 Å². The average Bonchev–Trinajstić information content (AvgIpc) is 2.85. The molecule has 3 aromatic rings. The van der Waals surface area contributed by atoms with Crippen molar-refractivity contribution in [3.63, 3.8) is 0 Å². The number of hydrogen-bond acceptors (Lipinski definition) is 5. The number of amides is 3. The largest absolute Gasteiger partial charge is 0.484 e. The van der Waals surface area contributed by atoms with Gasteiger partial charge in [-0.3, -0.25) is 14.4 Å². The second kappa shape index (κ2) is 12.5. The molecule has 3 N–H and O–H groups in total. The van der Waals surface area contributed by atoms with Gasteiger partial charge >= 0.3 is 11.8 Å². The summed E-state index contributed by atoms with van der Waals surface area (Å²) in [4.78, 5) is 36.4. The number of carbonyl (C=O) groups excluding carboxylic acids is 3. The third-order valence-corrected chi connectivity index (χ3v) is 5.79. The standard InChI is InChI=1S/C26H25BrN4O4/c1-3-19-8-4-5-10-23(19)30-25(33)26(34)31-28-15-18-7-6-9-21(14-18)35-16-24(32)29-20-11-12-22(27)17(2)13-20/h4-15H,3,16H2,1-2H3,(H,29,32)(H,30,33)(H,31,34)/b28-15-. The molecule has 0 spiro atoms. The molecule has 0 atom stereocenters. The molecule has 8 nitrogen and oxygen atoms in total. The number of aryl methyl sites for hydroxylation is 2. The molecule has 0 heterocycles. The predicted molar refractivity (Wildman–Crippen MR) is 140 cm³/mol. The maximum atomic E-state index is 12.2. The van der Waals surface area contributed by atoms with Crippen LogP contribution in [0.1, 0.15) is 23.6 Å². The molecule has 3 aromatic carbocycles. The number of rotatable bonds is 8. The molecule has 3 rings (SSSR count). The van der Waals surface area contributed by atoms with E-state index in [0.717, 1.165) is 22.0 Å². The maximum absolute atomic E-state index is 12.2. The minimum atomic E-state index is -0.889. The molecule has 0 saturated heterocycles. The van der Waals surface area contributed by atoms with E-state index in [0.29, 0.717) is 22.7 Å². The highest BCUT2D eigenvalue weighted by Gasteiger charge is 2.14. The Labute approximate surface area is 211 Å². The Bertz CT molecular complexity index is 1260. The number of anilines is 2. The molecule has 3 amide bonds. The molecule has 0 aliphatic rings. The minimum Gasteiger partial charge on any atom is -0.484 e. The number of benzene rings is 3. The molecule has 9 heteroatoms. The molecule has 0 radical (unpaired) electrons. The summed E-state index contributed by atoms with van der Waals surface area (Å²) in [5, 5.41) is 9.19. The van der Waals surface area contributed by atoms with Gasteiger partial charge in [-0.2, -0.15) is 5.10 Å². The van der Waals surface area contributed by atoms with E-state index in [-0.39, 0.29) is 12.5 Å². The van der Waals surface area contributed by atoms with E-state index < -0.39 is 11.8 Å². The lowest BCUT2D eigenvalue weighted by atomic mass is 10.1. The van der Waals surface area contributed by atoms with Gasteiger partial charge in [0, 0.05) is 15.8 Å². The smallest absolute Gasteiger partial charge is 0.329 e. The second-order valence-corrected chi connectivity index (χ2v) is 8.39. The van der Waals surface area contributed by atoms with E-state index in [2.05, 4.69) is 37.1 Å². The lowest BCUT2D eigenvalue weighted by Crippen LogP contribution is -2.32. The number of ether oxygens (including phenoxy) is 1. The van der Waals surface area contributed by atoms with Crippen molar-refractivity contribution in [2.24, 2.45) is 5.10 Å². The highest BCUT2D eigenvalue weighted by atomic mass is 79.9. The van der Waals surface area contributed by atoms with Crippen LogP contribution in [-0.4, -0.2) is 30.5 Å². The van der Waals surface area contributed by atoms with Crippen LogP contribution in [-0.2, 0) is 20.8 Å². The van der Waals surface area contributed by atoms with E-state index in [4.69, 9.17) is 4.74 Å². The molecule has 0 saturated carbocycles. The second-order valence-electron chi connectivity index (χ2n) is 7.54. The van der Waals surface area contributed by atoms with Crippen LogP contribution in [0.15, 0.2) is 76.3 Å². The molecule has 0 bridgehead atoms. The van der Waals surface area contributed by atoms with Crippen LogP contribution in [0.5, 0.6) is 5.75 Å². The van der Waals surface area contributed by atoms with Crippen molar-refractivity contribution in [2.45, 2.75) is 20.3 Å². The van der Waals surface area contributed by atoms with Gasteiger partial charge in [-0.15, -0.1) is 0 Å². The number of nitrogens with one attached hydrogen (secondary N) is 3. The van der Waals surface area contributed by atoms with Gasteiger partial charge in [-0.25, -0.2) is 5.43 Å². The van der Waals surface area contributed by atoms with Crippen LogP contribution in [0.3, 0.4) is 0 Å². The summed E-state index contributed by atoms with van der Waals surface area (Å²) >= 11 is 3.42. The number of carbonyl (C=O) groups is 3. The highest BCUT2D eigenvalue weighted by molar-refractivity contribution is 9.10. The van der Waals surface area contributed by atoms with Crippen molar-refractivity contribution < 1.29 is 19.1 Å². The number of hydrazone groups is 1. The van der Waals surface area contributed by atoms with Crippen molar-refractivity contribution in [3.05, 3.63) is 87.9 Å². The Hall–Kier alpha value is -3.98. The number of hydrogen-bond donors (Lipinski definition) is 3. The maximum Gasteiger partial charge on any atom is 0.329 e. The normalized spacial score (nSPS) is 10.6.